The van der Waals surface area contributed by atoms with Gasteiger partial charge in [-0.2, -0.15) is 0 Å². The summed E-state index contributed by atoms with van der Waals surface area (Å²) in [5, 5.41) is 219. The fourth-order valence-electron chi connectivity index (χ4n) is 10.5. The number of nitrogens with two attached hydrogens (primary N) is 1. The minimum Gasteiger partial charge on any atom is -0.394 e. The average Bonchev–Trinajstić information content (AvgIpc) is 3.45. The van der Waals surface area contributed by atoms with Gasteiger partial charge in [-0.25, -0.2) is 0 Å². The van der Waals surface area contributed by atoms with Crippen LogP contribution >= 0.6 is 0 Å². The van der Waals surface area contributed by atoms with Gasteiger partial charge in [0.15, 0.2) is 44.0 Å². The van der Waals surface area contributed by atoms with Crippen LogP contribution in [0.3, 0.4) is 0 Å². The maximum atomic E-state index is 11.4. The summed E-state index contributed by atoms with van der Waals surface area (Å²) in [5.41, 5.74) is 6.35. The second-order valence-electron chi connectivity index (χ2n) is 19.7. The van der Waals surface area contributed by atoms with Gasteiger partial charge in [0.05, 0.1) is 52.3 Å². The smallest absolute Gasteiger partial charge is 0.187 e. The largest absolute Gasteiger partial charge is 0.394 e. The molecule has 0 aliphatic carbocycles. The SMILES string of the molecule is N[C@H]1[C@H](O)[C@H]2O[C@H]3[C@H](O)[C@@H](O)[C@@H](O[C@H]4[C@H](O)[C@@H](O)[C@@H](O[C@H]5[C@H](O)[C@@H](O)[C@@H](O[C@H]6[C@H](O)[C@@H](O)[C@@H](O[C@H]7[C@H](O)[C@@H](O)[C@@H](O[C@H]8[C@H](O)[C@@H](O)[C@@H](O[C@@H]1[C@@H](CO)O2)O[C@@H]8CO)O[C@@H]7CO)O[C@@H]6CO)O[C@@H]5CO)O[C@@H]4CO)O[C@@H]3CO. The molecule has 0 aromatic rings. The Bertz CT molecular complexity index is 1470. The summed E-state index contributed by atoms with van der Waals surface area (Å²) in [6.45, 7) is -7.15. The Morgan fingerprint density at radius 3 is 0.506 bits per heavy atom. The van der Waals surface area contributed by atoms with Crippen molar-refractivity contribution in [1.82, 2.24) is 0 Å². The highest BCUT2D eigenvalue weighted by Gasteiger charge is 2.59. The number of hydrogen-bond acceptors (Lipinski definition) is 35. The summed E-state index contributed by atoms with van der Waals surface area (Å²) in [7, 11) is 0. The fraction of sp³-hybridized carbons (Fsp3) is 1.00. The Balaban J connectivity index is 1.08. The van der Waals surface area contributed by atoms with Crippen LogP contribution in [0.2, 0.25) is 0 Å². The Morgan fingerprint density at radius 1 is 0.195 bits per heavy atom. The second kappa shape index (κ2) is 26.0. The molecule has 0 aromatic heterocycles. The monoisotopic (exact) mass is 1130 g/mol. The maximum Gasteiger partial charge on any atom is 0.187 e. The Kier molecular flexibility index (Phi) is 20.8. The van der Waals surface area contributed by atoms with E-state index in [2.05, 4.69) is 0 Å². The Morgan fingerprint density at radius 2 is 0.338 bits per heavy atom. The highest BCUT2D eigenvalue weighted by molar-refractivity contribution is 5.02. The van der Waals surface area contributed by atoms with Gasteiger partial charge in [0.25, 0.3) is 0 Å². The molecule has 35 heteroatoms. The van der Waals surface area contributed by atoms with Crippen LogP contribution in [0.25, 0.3) is 0 Å². The van der Waals surface area contributed by atoms with Crippen LogP contribution in [0.5, 0.6) is 0 Å². The summed E-state index contributed by atoms with van der Waals surface area (Å²) >= 11 is 0. The zero-order chi connectivity index (χ0) is 56.1. The second-order valence-corrected chi connectivity index (χ2v) is 19.7. The highest BCUT2D eigenvalue weighted by atomic mass is 16.8. The minimum atomic E-state index is -2.20. The van der Waals surface area contributed by atoms with E-state index in [9.17, 15) is 102 Å². The topological polar surface area (TPSA) is 560 Å². The molecule has 0 amide bonds. The molecule has 21 fully saturated rings. The lowest BCUT2D eigenvalue weighted by Gasteiger charge is -2.50. The van der Waals surface area contributed by atoms with Crippen LogP contribution in [0.1, 0.15) is 0 Å². The summed E-state index contributed by atoms with van der Waals surface area (Å²) < 4.78 is 79.9. The molecule has 21 aliphatic rings. The van der Waals surface area contributed by atoms with Crippen LogP contribution in [0, 0.1) is 0 Å². The molecule has 0 spiro atoms. The van der Waals surface area contributed by atoms with Crippen molar-refractivity contribution in [2.75, 3.05) is 46.2 Å². The molecule has 0 saturated carbocycles. The number of aliphatic hydroxyl groups is 20. The van der Waals surface area contributed by atoms with Crippen LogP contribution in [-0.2, 0) is 66.3 Å². The maximum absolute atomic E-state index is 11.4. The van der Waals surface area contributed by atoms with Gasteiger partial charge >= 0.3 is 0 Å². The van der Waals surface area contributed by atoms with Gasteiger partial charge in [-0.05, 0) is 0 Å². The molecule has 35 atom stereocenters. The Labute approximate surface area is 434 Å². The van der Waals surface area contributed by atoms with E-state index < -0.39 is 261 Å². The van der Waals surface area contributed by atoms with Crippen molar-refractivity contribution in [3.05, 3.63) is 0 Å². The zero-order valence-electron chi connectivity index (χ0n) is 40.4. The van der Waals surface area contributed by atoms with E-state index in [0.717, 1.165) is 0 Å². The summed E-state index contributed by atoms with van der Waals surface area (Å²) in [4.78, 5) is 0. The van der Waals surface area contributed by atoms with Gasteiger partial charge in [-0.3, -0.25) is 0 Å². The van der Waals surface area contributed by atoms with Crippen molar-refractivity contribution in [3.8, 4) is 0 Å². The van der Waals surface area contributed by atoms with Gasteiger partial charge in [-0.1, -0.05) is 0 Å². The minimum absolute atomic E-state index is 0.967. The van der Waals surface area contributed by atoms with Gasteiger partial charge in [0.2, 0.25) is 0 Å². The first kappa shape index (κ1) is 61.7. The number of aliphatic hydroxyl groups excluding tert-OH is 20. The van der Waals surface area contributed by atoms with Crippen LogP contribution in [-0.4, -0.2) is 363 Å². The molecule has 22 N–H and O–H groups in total. The van der Waals surface area contributed by atoms with E-state index in [1.807, 2.05) is 0 Å². The third-order valence-electron chi connectivity index (χ3n) is 14.9. The molecule has 21 saturated heterocycles. The molecule has 21 heterocycles. The normalized spacial score (nSPS) is 55.4. The van der Waals surface area contributed by atoms with E-state index in [0.29, 0.717) is 0 Å². The van der Waals surface area contributed by atoms with E-state index in [1.54, 1.807) is 0 Å². The van der Waals surface area contributed by atoms with Crippen LogP contribution in [0.4, 0.5) is 0 Å². The molecule has 21 aliphatic heterocycles. The Hall–Kier alpha value is -1.40. The van der Waals surface area contributed by atoms with E-state index >= 15 is 0 Å². The average molecular weight is 1130 g/mol. The van der Waals surface area contributed by atoms with Crippen molar-refractivity contribution in [2.45, 2.75) is 215 Å². The fourth-order valence-corrected chi connectivity index (χ4v) is 10.5. The molecule has 0 radical (unpaired) electrons. The lowest BCUT2D eigenvalue weighted by Crippen LogP contribution is -2.69. The molecule has 0 aromatic carbocycles. The number of hydrogen-bond donors (Lipinski definition) is 21. The molecule has 77 heavy (non-hydrogen) atoms. The summed E-state index contributed by atoms with van der Waals surface area (Å²) in [6.07, 6.45) is -66.7. The standard InChI is InChI=1S/C42H71NO34/c43-15-16(51)36-64-8(1-44)29(15)71-37-23(58)17(52)31(10(3-46)65-37)73-39-25(60)19(54)33(12(5-48)67-39)75-41-27(62)21(56)35(14(7-50)69-41)77-42-28(63)22(57)34(13(6-49)70-42)76-40-26(61)20(55)32(11(4-47)68-40)74-38-24(59)18(53)30(72-36)9(2-45)66-38/h8-42,44-63H,1-7,43H2/t8-,9-,10-,11-,12-,13-,14-,15+,16+,17-,18-,19-,20-,21-,22-,23-,24-,25-,26-,27-,28-,29-,30-,31-,32-,33-,34-,35-,36-,37-,38-,39-,40-,41-,42-/m1/s1. The van der Waals surface area contributed by atoms with Gasteiger partial charge in [0.1, 0.15) is 165 Å². The van der Waals surface area contributed by atoms with Crippen molar-refractivity contribution >= 4 is 0 Å². The molecule has 0 unspecified atom stereocenters. The predicted octanol–water partition coefficient (Wildman–Crippen LogP) is -15.3. The molecule has 35 nitrogen and oxygen atoms in total. The molecule has 21 rings (SSSR count). The number of rotatable bonds is 7. The quantitative estimate of drug-likeness (QED) is 0.113. The van der Waals surface area contributed by atoms with Crippen molar-refractivity contribution in [3.63, 3.8) is 0 Å². The van der Waals surface area contributed by atoms with E-state index in [-0.39, 0.29) is 0 Å². The van der Waals surface area contributed by atoms with Crippen molar-refractivity contribution in [1.29, 1.82) is 0 Å². The lowest BCUT2D eigenvalue weighted by molar-refractivity contribution is -0.396. The van der Waals surface area contributed by atoms with Crippen LogP contribution in [0.15, 0.2) is 0 Å². The predicted molar refractivity (Wildman–Crippen MR) is 230 cm³/mol. The molecular formula is C42H71NO34. The molecule has 14 bridgehead atoms. The van der Waals surface area contributed by atoms with Gasteiger partial charge in [0, 0.05) is 0 Å². The van der Waals surface area contributed by atoms with E-state index in [1.165, 1.54) is 0 Å². The zero-order valence-corrected chi connectivity index (χ0v) is 40.4. The first-order valence-corrected chi connectivity index (χ1v) is 24.7. The third-order valence-corrected chi connectivity index (χ3v) is 14.9. The van der Waals surface area contributed by atoms with Crippen LogP contribution < -0.4 is 5.73 Å². The van der Waals surface area contributed by atoms with Gasteiger partial charge in [-0.15, -0.1) is 0 Å². The molecule has 448 valence electrons. The third kappa shape index (κ3) is 12.1. The molecular weight excluding hydrogens is 1060 g/mol. The summed E-state index contributed by atoms with van der Waals surface area (Å²) in [6, 6.07) is -1.67. The van der Waals surface area contributed by atoms with Crippen molar-refractivity contribution < 1.29 is 168 Å². The number of ether oxygens (including phenoxy) is 14. The van der Waals surface area contributed by atoms with Crippen molar-refractivity contribution in [2.24, 2.45) is 5.73 Å². The highest BCUT2D eigenvalue weighted by Crippen LogP contribution is 2.38. The van der Waals surface area contributed by atoms with Gasteiger partial charge < -0.3 is 174 Å². The first-order valence-electron chi connectivity index (χ1n) is 24.7. The van der Waals surface area contributed by atoms with E-state index in [4.69, 9.17) is 72.0 Å². The first-order chi connectivity index (χ1) is 36.7. The lowest BCUT2D eigenvalue weighted by atomic mass is 9.94. The summed E-state index contributed by atoms with van der Waals surface area (Å²) in [5.74, 6) is 0.